The molecule has 2 aromatic heterocycles. The monoisotopic (exact) mass is 327 g/mol. The molecule has 0 saturated carbocycles. The lowest BCUT2D eigenvalue weighted by Crippen LogP contribution is -2.41. The normalized spacial score (nSPS) is 13.1. The molecular weight excluding hydrogens is 311 g/mol. The molecule has 0 aliphatic rings. The Morgan fingerprint density at radius 1 is 1.35 bits per heavy atom. The maximum Gasteiger partial charge on any atom is 0.433 e. The van der Waals surface area contributed by atoms with Gasteiger partial charge in [0, 0.05) is 12.4 Å². The summed E-state index contributed by atoms with van der Waals surface area (Å²) in [7, 11) is 0. The summed E-state index contributed by atoms with van der Waals surface area (Å²) in [6.45, 7) is 4.26. The van der Waals surface area contributed by atoms with Gasteiger partial charge in [-0.2, -0.15) is 13.2 Å². The molecule has 2 aromatic rings. The number of hydrogen-bond acceptors (Lipinski definition) is 4. The van der Waals surface area contributed by atoms with Gasteiger partial charge in [0.25, 0.3) is 5.91 Å². The lowest BCUT2D eigenvalue weighted by molar-refractivity contribution is -0.141. The van der Waals surface area contributed by atoms with Gasteiger partial charge in [0.15, 0.2) is 0 Å². The van der Waals surface area contributed by atoms with E-state index in [2.05, 4.69) is 20.6 Å². The van der Waals surface area contributed by atoms with E-state index < -0.39 is 17.8 Å². The molecule has 1 amide bonds. The van der Waals surface area contributed by atoms with E-state index in [1.54, 1.807) is 10.9 Å². The molecule has 0 aromatic carbocycles. The number of nitrogens with one attached hydrogen (secondary N) is 1. The van der Waals surface area contributed by atoms with Gasteiger partial charge < -0.3 is 5.32 Å². The standard InChI is InChI=1S/C14H16F3N5O/c1-9(2)11(8-22-6-5-19-21-22)20-13(23)10-3-4-12(18-7-10)14(15,16)17/h3-7,9,11H,8H2,1-2H3,(H,20,23)/t11-/m1/s1. The van der Waals surface area contributed by atoms with Gasteiger partial charge in [-0.05, 0) is 18.1 Å². The molecular formula is C14H16F3N5O. The molecule has 2 heterocycles. The number of nitrogens with zero attached hydrogens (tertiary/aromatic N) is 4. The Kier molecular flexibility index (Phi) is 4.97. The van der Waals surface area contributed by atoms with Crippen LogP contribution >= 0.6 is 0 Å². The topological polar surface area (TPSA) is 72.7 Å². The highest BCUT2D eigenvalue weighted by atomic mass is 19.4. The minimum Gasteiger partial charge on any atom is -0.347 e. The Morgan fingerprint density at radius 2 is 2.09 bits per heavy atom. The summed E-state index contributed by atoms with van der Waals surface area (Å²) >= 11 is 0. The molecule has 1 N–H and O–H groups in total. The zero-order valence-corrected chi connectivity index (χ0v) is 12.6. The fourth-order valence-corrected chi connectivity index (χ4v) is 1.90. The molecule has 0 aliphatic carbocycles. The molecule has 0 bridgehead atoms. The largest absolute Gasteiger partial charge is 0.433 e. The Hall–Kier alpha value is -2.45. The van der Waals surface area contributed by atoms with Gasteiger partial charge in [0.1, 0.15) is 5.69 Å². The van der Waals surface area contributed by atoms with Crippen molar-refractivity contribution in [2.45, 2.75) is 32.6 Å². The Balaban J connectivity index is 2.06. The number of halogens is 3. The van der Waals surface area contributed by atoms with Crippen LogP contribution in [0.15, 0.2) is 30.7 Å². The lowest BCUT2D eigenvalue weighted by Gasteiger charge is -2.22. The zero-order valence-electron chi connectivity index (χ0n) is 12.6. The van der Waals surface area contributed by atoms with E-state index in [1.165, 1.54) is 6.20 Å². The molecule has 9 heteroatoms. The second kappa shape index (κ2) is 6.76. The first-order valence-electron chi connectivity index (χ1n) is 6.95. The third-order valence-corrected chi connectivity index (χ3v) is 3.29. The Bertz CT molecular complexity index is 637. The van der Waals surface area contributed by atoms with Gasteiger partial charge in [-0.15, -0.1) is 5.10 Å². The average molecular weight is 327 g/mol. The highest BCUT2D eigenvalue weighted by Crippen LogP contribution is 2.27. The first-order valence-corrected chi connectivity index (χ1v) is 6.95. The van der Waals surface area contributed by atoms with Crippen LogP contribution in [0.4, 0.5) is 13.2 Å². The Morgan fingerprint density at radius 3 is 2.57 bits per heavy atom. The number of hydrogen-bond donors (Lipinski definition) is 1. The minimum atomic E-state index is -4.53. The first-order chi connectivity index (χ1) is 10.8. The minimum absolute atomic E-state index is 0.0715. The van der Waals surface area contributed by atoms with Crippen molar-refractivity contribution in [3.8, 4) is 0 Å². The molecule has 124 valence electrons. The number of pyridine rings is 1. The van der Waals surface area contributed by atoms with Crippen molar-refractivity contribution in [2.75, 3.05) is 0 Å². The maximum atomic E-state index is 12.5. The zero-order chi connectivity index (χ0) is 17.0. The maximum absolute atomic E-state index is 12.5. The third-order valence-electron chi connectivity index (χ3n) is 3.29. The van der Waals surface area contributed by atoms with Crippen molar-refractivity contribution in [3.05, 3.63) is 42.0 Å². The summed E-state index contributed by atoms with van der Waals surface area (Å²) in [5, 5.41) is 10.3. The van der Waals surface area contributed by atoms with Crippen LogP contribution < -0.4 is 5.32 Å². The van der Waals surface area contributed by atoms with Gasteiger partial charge in [-0.25, -0.2) is 0 Å². The van der Waals surface area contributed by atoms with Crippen molar-refractivity contribution in [1.82, 2.24) is 25.3 Å². The molecule has 6 nitrogen and oxygen atoms in total. The van der Waals surface area contributed by atoms with Crippen LogP contribution in [0.1, 0.15) is 29.9 Å². The molecule has 0 spiro atoms. The highest BCUT2D eigenvalue weighted by molar-refractivity contribution is 5.94. The molecule has 0 saturated heterocycles. The van der Waals surface area contributed by atoms with Crippen LogP contribution in [-0.4, -0.2) is 31.9 Å². The third kappa shape index (κ3) is 4.51. The van der Waals surface area contributed by atoms with Crippen molar-refractivity contribution in [3.63, 3.8) is 0 Å². The van der Waals surface area contributed by atoms with Crippen LogP contribution in [-0.2, 0) is 12.7 Å². The summed E-state index contributed by atoms with van der Waals surface area (Å²) in [6, 6.07) is 1.65. The highest BCUT2D eigenvalue weighted by Gasteiger charge is 2.32. The SMILES string of the molecule is CC(C)[C@@H](Cn1ccnn1)NC(=O)c1ccc(C(F)(F)F)nc1. The van der Waals surface area contributed by atoms with Gasteiger partial charge in [0.05, 0.1) is 24.3 Å². The fourth-order valence-electron chi connectivity index (χ4n) is 1.90. The number of carbonyl (C=O) groups excluding carboxylic acids is 1. The summed E-state index contributed by atoms with van der Waals surface area (Å²) in [5.41, 5.74) is -0.959. The number of amides is 1. The first kappa shape index (κ1) is 16.9. The quantitative estimate of drug-likeness (QED) is 0.913. The number of aromatic nitrogens is 4. The van der Waals surface area contributed by atoms with Crippen molar-refractivity contribution in [1.29, 1.82) is 0 Å². The second-order valence-corrected chi connectivity index (χ2v) is 5.38. The Labute approximate surface area is 130 Å². The van der Waals surface area contributed by atoms with Crippen LogP contribution in [0.3, 0.4) is 0 Å². The van der Waals surface area contributed by atoms with E-state index in [9.17, 15) is 18.0 Å². The molecule has 0 radical (unpaired) electrons. The summed E-state index contributed by atoms with van der Waals surface area (Å²) < 4.78 is 39.0. The molecule has 0 fully saturated rings. The van der Waals surface area contributed by atoms with Crippen LogP contribution in [0.25, 0.3) is 0 Å². The van der Waals surface area contributed by atoms with Gasteiger partial charge in [-0.1, -0.05) is 19.1 Å². The van der Waals surface area contributed by atoms with Gasteiger partial charge in [0.2, 0.25) is 0 Å². The van der Waals surface area contributed by atoms with Crippen LogP contribution in [0.2, 0.25) is 0 Å². The van der Waals surface area contributed by atoms with E-state index >= 15 is 0 Å². The summed E-state index contributed by atoms with van der Waals surface area (Å²) in [4.78, 5) is 15.5. The molecule has 2 rings (SSSR count). The smallest absolute Gasteiger partial charge is 0.347 e. The number of rotatable bonds is 5. The number of alkyl halides is 3. The van der Waals surface area contributed by atoms with Gasteiger partial charge in [-0.3, -0.25) is 14.5 Å². The van der Waals surface area contributed by atoms with Crippen molar-refractivity contribution < 1.29 is 18.0 Å². The summed E-state index contributed by atoms with van der Waals surface area (Å²) in [5.74, 6) is -0.379. The van der Waals surface area contributed by atoms with E-state index in [0.29, 0.717) is 6.54 Å². The fraction of sp³-hybridized carbons (Fsp3) is 0.429. The van der Waals surface area contributed by atoms with Gasteiger partial charge >= 0.3 is 6.18 Å². The molecule has 23 heavy (non-hydrogen) atoms. The predicted molar refractivity (Wildman–Crippen MR) is 75.4 cm³/mol. The van der Waals surface area contributed by atoms with E-state index in [-0.39, 0.29) is 17.5 Å². The molecule has 1 atom stereocenters. The lowest BCUT2D eigenvalue weighted by atomic mass is 10.0. The molecule has 0 aliphatic heterocycles. The van der Waals surface area contributed by atoms with Crippen LogP contribution in [0.5, 0.6) is 0 Å². The number of carbonyl (C=O) groups is 1. The van der Waals surface area contributed by atoms with E-state index in [0.717, 1.165) is 18.3 Å². The van der Waals surface area contributed by atoms with Crippen LogP contribution in [0, 0.1) is 5.92 Å². The predicted octanol–water partition coefficient (Wildman–Crippen LogP) is 2.15. The van der Waals surface area contributed by atoms with E-state index in [4.69, 9.17) is 0 Å². The summed E-state index contributed by atoms with van der Waals surface area (Å²) in [6.07, 6.45) is -0.409. The average Bonchev–Trinajstić information content (AvgIpc) is 2.98. The second-order valence-electron chi connectivity index (χ2n) is 5.38. The van der Waals surface area contributed by atoms with Crippen molar-refractivity contribution >= 4 is 5.91 Å². The van der Waals surface area contributed by atoms with Crippen molar-refractivity contribution in [2.24, 2.45) is 5.92 Å². The van der Waals surface area contributed by atoms with E-state index in [1.807, 2.05) is 13.8 Å². The molecule has 0 unspecified atom stereocenters.